The van der Waals surface area contributed by atoms with Gasteiger partial charge in [-0.15, -0.1) is 0 Å². The number of hydrogen-bond donors (Lipinski definition) is 2. The molecular weight excluding hydrogens is 256 g/mol. The van der Waals surface area contributed by atoms with Crippen molar-refractivity contribution < 1.29 is 14.7 Å². The van der Waals surface area contributed by atoms with Crippen LogP contribution in [0.2, 0.25) is 0 Å². The smallest absolute Gasteiger partial charge is 0.326 e. The first-order valence-corrected chi connectivity index (χ1v) is 6.84. The van der Waals surface area contributed by atoms with E-state index in [0.717, 1.165) is 5.56 Å². The monoisotopic (exact) mass is 278 g/mol. The van der Waals surface area contributed by atoms with Crippen molar-refractivity contribution in [3.8, 4) is 0 Å². The van der Waals surface area contributed by atoms with Crippen LogP contribution in [0.1, 0.15) is 32.3 Å². The van der Waals surface area contributed by atoms with Gasteiger partial charge in [-0.2, -0.15) is 0 Å². The zero-order chi connectivity index (χ0) is 15.1. The molecule has 0 aliphatic rings. The molecule has 20 heavy (non-hydrogen) atoms. The Morgan fingerprint density at radius 3 is 2.25 bits per heavy atom. The van der Waals surface area contributed by atoms with Gasteiger partial charge in [-0.3, -0.25) is 4.79 Å². The average Bonchev–Trinajstić information content (AvgIpc) is 2.46. The lowest BCUT2D eigenvalue weighted by molar-refractivity contribution is -0.151. The Kier molecular flexibility index (Phi) is 6.18. The third-order valence-corrected chi connectivity index (χ3v) is 3.28. The molecule has 1 aromatic carbocycles. The van der Waals surface area contributed by atoms with Gasteiger partial charge in [0, 0.05) is 6.54 Å². The summed E-state index contributed by atoms with van der Waals surface area (Å²) in [5, 5.41) is 9.29. The van der Waals surface area contributed by atoms with Crippen LogP contribution in [-0.2, 0) is 16.1 Å². The summed E-state index contributed by atoms with van der Waals surface area (Å²) in [7, 11) is 0. The van der Waals surface area contributed by atoms with E-state index >= 15 is 0 Å². The predicted octanol–water partition coefficient (Wildman–Crippen LogP) is 1.62. The first kappa shape index (κ1) is 16.2. The SMILES string of the molecule is CC[C@@H](N)C(=O)N(Cc1ccccc1)[C@@H](CC)C(=O)O. The molecule has 5 nitrogen and oxygen atoms in total. The Morgan fingerprint density at radius 2 is 1.80 bits per heavy atom. The van der Waals surface area contributed by atoms with Crippen molar-refractivity contribution in [3.05, 3.63) is 35.9 Å². The van der Waals surface area contributed by atoms with E-state index in [1.165, 1.54) is 4.90 Å². The quantitative estimate of drug-likeness (QED) is 0.793. The lowest BCUT2D eigenvalue weighted by atomic mass is 10.1. The molecule has 0 unspecified atom stereocenters. The number of rotatable bonds is 7. The van der Waals surface area contributed by atoms with Crippen LogP contribution in [-0.4, -0.2) is 34.0 Å². The molecule has 0 bridgehead atoms. The van der Waals surface area contributed by atoms with E-state index in [9.17, 15) is 14.7 Å². The molecule has 0 saturated heterocycles. The molecule has 2 atom stereocenters. The summed E-state index contributed by atoms with van der Waals surface area (Å²) >= 11 is 0. The second-order valence-electron chi connectivity index (χ2n) is 4.73. The lowest BCUT2D eigenvalue weighted by Crippen LogP contribution is -2.50. The summed E-state index contributed by atoms with van der Waals surface area (Å²) in [5.74, 6) is -1.31. The highest BCUT2D eigenvalue weighted by atomic mass is 16.4. The maximum atomic E-state index is 12.3. The van der Waals surface area contributed by atoms with Crippen molar-refractivity contribution in [1.29, 1.82) is 0 Å². The largest absolute Gasteiger partial charge is 0.480 e. The molecule has 0 aliphatic carbocycles. The third-order valence-electron chi connectivity index (χ3n) is 3.28. The molecule has 5 heteroatoms. The molecular formula is C15H22N2O3. The van der Waals surface area contributed by atoms with Crippen LogP contribution in [0.4, 0.5) is 0 Å². The van der Waals surface area contributed by atoms with Crippen molar-refractivity contribution in [3.63, 3.8) is 0 Å². The van der Waals surface area contributed by atoms with Gasteiger partial charge in [0.25, 0.3) is 0 Å². The number of nitrogens with zero attached hydrogens (tertiary/aromatic N) is 1. The number of nitrogens with two attached hydrogens (primary N) is 1. The number of aliphatic carboxylic acids is 1. The molecule has 0 radical (unpaired) electrons. The minimum atomic E-state index is -1.000. The van der Waals surface area contributed by atoms with E-state index in [1.807, 2.05) is 37.3 Å². The van der Waals surface area contributed by atoms with Gasteiger partial charge in [-0.05, 0) is 18.4 Å². The van der Waals surface area contributed by atoms with E-state index in [2.05, 4.69) is 0 Å². The van der Waals surface area contributed by atoms with Gasteiger partial charge in [0.2, 0.25) is 5.91 Å². The highest BCUT2D eigenvalue weighted by Gasteiger charge is 2.30. The summed E-state index contributed by atoms with van der Waals surface area (Å²) < 4.78 is 0. The number of carbonyl (C=O) groups is 2. The molecule has 0 spiro atoms. The Bertz CT molecular complexity index is 448. The van der Waals surface area contributed by atoms with Crippen LogP contribution in [0.5, 0.6) is 0 Å². The zero-order valence-electron chi connectivity index (χ0n) is 12.0. The zero-order valence-corrected chi connectivity index (χ0v) is 12.0. The average molecular weight is 278 g/mol. The van der Waals surface area contributed by atoms with Gasteiger partial charge < -0.3 is 15.7 Å². The van der Waals surface area contributed by atoms with Gasteiger partial charge >= 0.3 is 5.97 Å². The summed E-state index contributed by atoms with van der Waals surface area (Å²) in [6.45, 7) is 3.82. The fourth-order valence-corrected chi connectivity index (χ4v) is 2.04. The number of carboxylic acid groups (broad SMARTS) is 1. The molecule has 1 rings (SSSR count). The standard InChI is InChI=1S/C15H22N2O3/c1-3-12(16)14(18)17(13(4-2)15(19)20)10-11-8-6-5-7-9-11/h5-9,12-13H,3-4,10,16H2,1-2H3,(H,19,20)/t12-,13+/m1/s1. The molecule has 1 aromatic rings. The van der Waals surface area contributed by atoms with E-state index in [0.29, 0.717) is 12.8 Å². The molecule has 110 valence electrons. The Morgan fingerprint density at radius 1 is 1.20 bits per heavy atom. The minimum Gasteiger partial charge on any atom is -0.480 e. The minimum absolute atomic E-state index is 0.262. The molecule has 0 heterocycles. The maximum Gasteiger partial charge on any atom is 0.326 e. The van der Waals surface area contributed by atoms with Gasteiger partial charge in [-0.25, -0.2) is 4.79 Å². The predicted molar refractivity (Wildman–Crippen MR) is 77.0 cm³/mol. The summed E-state index contributed by atoms with van der Waals surface area (Å²) in [6, 6.07) is 7.83. The van der Waals surface area contributed by atoms with Crippen molar-refractivity contribution in [1.82, 2.24) is 4.90 Å². The van der Waals surface area contributed by atoms with Crippen molar-refractivity contribution >= 4 is 11.9 Å². The number of benzene rings is 1. The van der Waals surface area contributed by atoms with E-state index in [4.69, 9.17) is 5.73 Å². The van der Waals surface area contributed by atoms with E-state index in [-0.39, 0.29) is 12.5 Å². The number of hydrogen-bond acceptors (Lipinski definition) is 3. The van der Waals surface area contributed by atoms with Crippen LogP contribution in [0.25, 0.3) is 0 Å². The fourth-order valence-electron chi connectivity index (χ4n) is 2.04. The van der Waals surface area contributed by atoms with Gasteiger partial charge in [0.05, 0.1) is 6.04 Å². The maximum absolute atomic E-state index is 12.3. The number of amides is 1. The van der Waals surface area contributed by atoms with Crippen LogP contribution in [0.15, 0.2) is 30.3 Å². The van der Waals surface area contributed by atoms with E-state index < -0.39 is 18.1 Å². The molecule has 0 aromatic heterocycles. The summed E-state index contributed by atoms with van der Waals surface area (Å²) in [4.78, 5) is 25.0. The molecule has 0 fully saturated rings. The fraction of sp³-hybridized carbons (Fsp3) is 0.467. The number of carboxylic acids is 1. The van der Waals surface area contributed by atoms with Crippen molar-refractivity contribution in [2.24, 2.45) is 5.73 Å². The van der Waals surface area contributed by atoms with Crippen molar-refractivity contribution in [2.45, 2.75) is 45.3 Å². The highest BCUT2D eigenvalue weighted by molar-refractivity contribution is 5.86. The molecule has 3 N–H and O–H groups in total. The summed E-state index contributed by atoms with van der Waals surface area (Å²) in [5.41, 5.74) is 6.67. The first-order chi connectivity index (χ1) is 9.51. The Hall–Kier alpha value is -1.88. The molecule has 1 amide bonds. The first-order valence-electron chi connectivity index (χ1n) is 6.84. The van der Waals surface area contributed by atoms with Gasteiger partial charge in [-0.1, -0.05) is 44.2 Å². The normalized spacial score (nSPS) is 13.6. The Labute approximate surface area is 119 Å². The van der Waals surface area contributed by atoms with Gasteiger partial charge in [0.15, 0.2) is 0 Å². The second-order valence-corrected chi connectivity index (χ2v) is 4.73. The highest BCUT2D eigenvalue weighted by Crippen LogP contribution is 2.13. The van der Waals surface area contributed by atoms with Crippen molar-refractivity contribution in [2.75, 3.05) is 0 Å². The topological polar surface area (TPSA) is 83.6 Å². The van der Waals surface area contributed by atoms with Crippen LogP contribution in [0, 0.1) is 0 Å². The third kappa shape index (κ3) is 4.06. The van der Waals surface area contributed by atoms with Crippen LogP contribution < -0.4 is 5.73 Å². The molecule has 0 aliphatic heterocycles. The Balaban J connectivity index is 3.00. The van der Waals surface area contributed by atoms with E-state index in [1.54, 1.807) is 6.92 Å². The van der Waals surface area contributed by atoms with Gasteiger partial charge in [0.1, 0.15) is 6.04 Å². The summed E-state index contributed by atoms with van der Waals surface area (Å²) in [6.07, 6.45) is 0.838. The number of carbonyl (C=O) groups excluding carboxylic acids is 1. The second kappa shape index (κ2) is 7.65. The van der Waals surface area contributed by atoms with Crippen LogP contribution in [0.3, 0.4) is 0 Å². The lowest BCUT2D eigenvalue weighted by Gasteiger charge is -2.30. The molecule has 0 saturated carbocycles. The van der Waals surface area contributed by atoms with Crippen LogP contribution >= 0.6 is 0 Å².